The summed E-state index contributed by atoms with van der Waals surface area (Å²) < 4.78 is 0. The molecule has 3 aromatic rings. The van der Waals surface area contributed by atoms with Gasteiger partial charge in [0, 0.05) is 11.6 Å². The van der Waals surface area contributed by atoms with Gasteiger partial charge in [-0.3, -0.25) is 9.59 Å². The second kappa shape index (κ2) is 7.95. The zero-order chi connectivity index (χ0) is 21.4. The molecule has 6 heteroatoms. The highest BCUT2D eigenvalue weighted by atomic mass is 16.3. The second-order valence-corrected chi connectivity index (χ2v) is 8.29. The first kappa shape index (κ1) is 20.2. The maximum absolute atomic E-state index is 12.3. The lowest BCUT2D eigenvalue weighted by atomic mass is 10.0. The molecule has 2 atom stereocenters. The maximum atomic E-state index is 12.3. The normalized spacial score (nSPS) is 15.9. The number of phenolic OH excluding ortho intramolecular Hbond substituents is 1. The summed E-state index contributed by atoms with van der Waals surface area (Å²) in [6.07, 6.45) is 2.19. The fraction of sp³-hybridized carbons (Fsp3) is 0.333. The lowest BCUT2D eigenvalue weighted by Crippen LogP contribution is -2.37. The van der Waals surface area contributed by atoms with E-state index in [9.17, 15) is 14.7 Å². The van der Waals surface area contributed by atoms with E-state index in [0.29, 0.717) is 17.3 Å². The standard InChI is InChI=1S/C24H27N3O3/c1-14(27(2)3)17-10-7-11-18(22(17)28)25-20-21(24(30)23(20)29)26-19(16-12-13-16)15-8-5-4-6-9-15/h4-11,14,16,19,25-26,28H,12-13H2,1-3H3/t14?,19-/m0/s1. The largest absolute Gasteiger partial charge is 0.505 e. The van der Waals surface area contributed by atoms with Crippen LogP contribution in [-0.2, 0) is 0 Å². The Bertz CT molecular complexity index is 1110. The molecule has 0 saturated heterocycles. The number of nitrogens with one attached hydrogen (secondary N) is 2. The van der Waals surface area contributed by atoms with E-state index in [-0.39, 0.29) is 23.5 Å². The summed E-state index contributed by atoms with van der Waals surface area (Å²) >= 11 is 0. The van der Waals surface area contributed by atoms with Gasteiger partial charge in [0.25, 0.3) is 10.9 Å². The van der Waals surface area contributed by atoms with Crippen LogP contribution in [0.3, 0.4) is 0 Å². The van der Waals surface area contributed by atoms with Crippen LogP contribution in [0.15, 0.2) is 58.1 Å². The van der Waals surface area contributed by atoms with E-state index in [1.807, 2.05) is 68.4 Å². The molecule has 1 fully saturated rings. The van der Waals surface area contributed by atoms with Gasteiger partial charge in [0.05, 0.1) is 11.7 Å². The highest BCUT2D eigenvalue weighted by Crippen LogP contribution is 2.43. The van der Waals surface area contributed by atoms with E-state index in [0.717, 1.165) is 24.0 Å². The topological polar surface area (TPSA) is 81.7 Å². The van der Waals surface area contributed by atoms with Gasteiger partial charge in [0.2, 0.25) is 0 Å². The number of anilines is 3. The molecule has 4 rings (SSSR count). The Morgan fingerprint density at radius 1 is 0.967 bits per heavy atom. The number of phenols is 1. The van der Waals surface area contributed by atoms with Crippen molar-refractivity contribution in [3.63, 3.8) is 0 Å². The number of nitrogens with zero attached hydrogens (tertiary/aromatic N) is 1. The molecular formula is C24H27N3O3. The third kappa shape index (κ3) is 3.71. The third-order valence-electron chi connectivity index (χ3n) is 6.01. The molecule has 1 saturated carbocycles. The Balaban J connectivity index is 1.62. The Hall–Kier alpha value is -3.12. The molecule has 0 amide bonds. The molecule has 0 aromatic heterocycles. The molecule has 3 aromatic carbocycles. The molecule has 0 radical (unpaired) electrons. The first-order valence-corrected chi connectivity index (χ1v) is 10.3. The molecule has 0 heterocycles. The summed E-state index contributed by atoms with van der Waals surface area (Å²) in [7, 11) is 3.87. The van der Waals surface area contributed by atoms with E-state index in [1.165, 1.54) is 0 Å². The van der Waals surface area contributed by atoms with Crippen molar-refractivity contribution in [1.82, 2.24) is 4.90 Å². The maximum Gasteiger partial charge on any atom is 0.253 e. The molecule has 1 unspecified atom stereocenters. The Kier molecular flexibility index (Phi) is 5.35. The van der Waals surface area contributed by atoms with Crippen LogP contribution in [0.25, 0.3) is 0 Å². The predicted molar refractivity (Wildman–Crippen MR) is 120 cm³/mol. The number of para-hydroxylation sites is 1. The first-order valence-electron chi connectivity index (χ1n) is 10.3. The molecule has 0 spiro atoms. The van der Waals surface area contributed by atoms with Crippen LogP contribution in [0.2, 0.25) is 0 Å². The molecule has 1 aliphatic rings. The molecule has 156 valence electrons. The second-order valence-electron chi connectivity index (χ2n) is 8.29. The SMILES string of the molecule is CC(c1cccc(Nc2c(N[C@@H](c3ccccc3)C3CC3)c(=O)c2=O)c1O)N(C)C. The Labute approximate surface area is 175 Å². The van der Waals surface area contributed by atoms with Crippen LogP contribution in [-0.4, -0.2) is 24.1 Å². The zero-order valence-electron chi connectivity index (χ0n) is 17.5. The van der Waals surface area contributed by atoms with Gasteiger partial charge in [0.1, 0.15) is 17.1 Å². The minimum atomic E-state index is -0.564. The molecule has 1 aliphatic carbocycles. The molecule has 3 N–H and O–H groups in total. The van der Waals surface area contributed by atoms with Crippen molar-refractivity contribution in [2.75, 3.05) is 24.7 Å². The van der Waals surface area contributed by atoms with Gasteiger partial charge in [0.15, 0.2) is 0 Å². The van der Waals surface area contributed by atoms with Gasteiger partial charge in [-0.1, -0.05) is 42.5 Å². The van der Waals surface area contributed by atoms with Crippen molar-refractivity contribution < 1.29 is 5.11 Å². The van der Waals surface area contributed by atoms with Gasteiger partial charge in [-0.05, 0) is 51.4 Å². The molecule has 6 nitrogen and oxygen atoms in total. The molecular weight excluding hydrogens is 378 g/mol. The highest BCUT2D eigenvalue weighted by Gasteiger charge is 2.35. The summed E-state index contributed by atoms with van der Waals surface area (Å²) in [6.45, 7) is 1.99. The molecule has 0 aliphatic heterocycles. The van der Waals surface area contributed by atoms with Crippen molar-refractivity contribution in [3.05, 3.63) is 80.1 Å². The van der Waals surface area contributed by atoms with Crippen molar-refractivity contribution in [1.29, 1.82) is 0 Å². The number of aromatic hydroxyl groups is 1. The van der Waals surface area contributed by atoms with Crippen LogP contribution in [0.5, 0.6) is 5.75 Å². The molecule has 0 bridgehead atoms. The Morgan fingerprint density at radius 3 is 2.27 bits per heavy atom. The minimum Gasteiger partial charge on any atom is -0.505 e. The zero-order valence-corrected chi connectivity index (χ0v) is 17.5. The number of rotatable bonds is 8. The smallest absolute Gasteiger partial charge is 0.253 e. The van der Waals surface area contributed by atoms with Gasteiger partial charge in [-0.2, -0.15) is 0 Å². The van der Waals surface area contributed by atoms with Crippen LogP contribution >= 0.6 is 0 Å². The fourth-order valence-corrected chi connectivity index (χ4v) is 3.78. The number of hydrogen-bond donors (Lipinski definition) is 3. The summed E-state index contributed by atoms with van der Waals surface area (Å²) in [4.78, 5) is 26.6. The lowest BCUT2D eigenvalue weighted by Gasteiger charge is -2.24. The summed E-state index contributed by atoms with van der Waals surface area (Å²) in [5, 5.41) is 17.1. The fourth-order valence-electron chi connectivity index (χ4n) is 3.78. The van der Waals surface area contributed by atoms with Crippen LogP contribution < -0.4 is 21.5 Å². The Morgan fingerprint density at radius 2 is 1.63 bits per heavy atom. The average Bonchev–Trinajstić information content (AvgIpc) is 3.59. The van der Waals surface area contributed by atoms with Crippen molar-refractivity contribution in [2.24, 2.45) is 5.92 Å². The van der Waals surface area contributed by atoms with Crippen LogP contribution in [0, 0.1) is 5.92 Å². The quantitative estimate of drug-likeness (QED) is 0.389. The van der Waals surface area contributed by atoms with E-state index in [2.05, 4.69) is 10.6 Å². The predicted octanol–water partition coefficient (Wildman–Crippen LogP) is 3.92. The number of benzene rings is 2. The van der Waals surface area contributed by atoms with Gasteiger partial charge in [-0.25, -0.2) is 0 Å². The third-order valence-corrected chi connectivity index (χ3v) is 6.01. The lowest BCUT2D eigenvalue weighted by molar-refractivity contribution is 0.312. The van der Waals surface area contributed by atoms with E-state index >= 15 is 0 Å². The van der Waals surface area contributed by atoms with Crippen LogP contribution in [0.4, 0.5) is 17.1 Å². The van der Waals surface area contributed by atoms with E-state index in [4.69, 9.17) is 0 Å². The van der Waals surface area contributed by atoms with Gasteiger partial charge < -0.3 is 20.6 Å². The minimum absolute atomic E-state index is 0.00521. The van der Waals surface area contributed by atoms with Crippen molar-refractivity contribution >= 4 is 17.1 Å². The number of hydrogen-bond acceptors (Lipinski definition) is 6. The highest BCUT2D eigenvalue weighted by molar-refractivity contribution is 5.81. The summed E-state index contributed by atoms with van der Waals surface area (Å²) in [5.74, 6) is 0.529. The average molecular weight is 405 g/mol. The first-order chi connectivity index (χ1) is 14.4. The van der Waals surface area contributed by atoms with Gasteiger partial charge in [-0.15, -0.1) is 0 Å². The summed E-state index contributed by atoms with van der Waals surface area (Å²) in [6, 6.07) is 15.3. The van der Waals surface area contributed by atoms with Crippen LogP contribution in [0.1, 0.15) is 43.0 Å². The van der Waals surface area contributed by atoms with Crippen molar-refractivity contribution in [2.45, 2.75) is 31.8 Å². The van der Waals surface area contributed by atoms with Crippen molar-refractivity contribution in [3.8, 4) is 5.75 Å². The van der Waals surface area contributed by atoms with E-state index < -0.39 is 10.9 Å². The summed E-state index contributed by atoms with van der Waals surface area (Å²) in [5.41, 5.74) is 1.70. The molecule has 30 heavy (non-hydrogen) atoms. The monoisotopic (exact) mass is 405 g/mol. The van der Waals surface area contributed by atoms with Gasteiger partial charge >= 0.3 is 0 Å². The van der Waals surface area contributed by atoms with E-state index in [1.54, 1.807) is 6.07 Å².